The third kappa shape index (κ3) is 3.59. The van der Waals surface area contributed by atoms with Crippen LogP contribution in [0.1, 0.15) is 27.1 Å². The van der Waals surface area contributed by atoms with Crippen molar-refractivity contribution in [2.45, 2.75) is 12.3 Å². The van der Waals surface area contributed by atoms with Crippen molar-refractivity contribution in [2.24, 2.45) is 0 Å². The Bertz CT molecular complexity index is 682. The zero-order valence-corrected chi connectivity index (χ0v) is 13.6. The van der Waals surface area contributed by atoms with E-state index >= 15 is 0 Å². The largest absolute Gasteiger partial charge is 0.459 e. The molecule has 1 aliphatic rings. The Morgan fingerprint density at radius 1 is 1.30 bits per heavy atom. The predicted octanol–water partition coefficient (Wildman–Crippen LogP) is 2.59. The Morgan fingerprint density at radius 3 is 2.78 bits per heavy atom. The summed E-state index contributed by atoms with van der Waals surface area (Å²) >= 11 is 1.74. The zero-order chi connectivity index (χ0) is 16.2. The van der Waals surface area contributed by atoms with Crippen molar-refractivity contribution >= 4 is 23.6 Å². The van der Waals surface area contributed by atoms with Gasteiger partial charge in [-0.15, -0.1) is 11.8 Å². The Labute approximate surface area is 139 Å². The van der Waals surface area contributed by atoms with E-state index in [9.17, 15) is 9.59 Å². The molecule has 0 bridgehead atoms. The molecule has 2 amide bonds. The van der Waals surface area contributed by atoms with Gasteiger partial charge in [-0.3, -0.25) is 9.59 Å². The van der Waals surface area contributed by atoms with E-state index in [1.807, 2.05) is 11.8 Å². The molecule has 1 aliphatic heterocycles. The quantitative estimate of drug-likeness (QED) is 0.936. The summed E-state index contributed by atoms with van der Waals surface area (Å²) in [5, 5.41) is 2.63. The molecule has 6 heteroatoms. The molecule has 2 aromatic rings. The van der Waals surface area contributed by atoms with Gasteiger partial charge in [-0.05, 0) is 24.6 Å². The number of amides is 2. The Hall–Kier alpha value is -2.21. The number of carbonyl (C=O) groups excluding carboxylic acids is 2. The third-order valence-corrected chi connectivity index (χ3v) is 4.98. The van der Waals surface area contributed by atoms with E-state index in [2.05, 4.69) is 29.6 Å². The van der Waals surface area contributed by atoms with Gasteiger partial charge < -0.3 is 14.6 Å². The van der Waals surface area contributed by atoms with Crippen LogP contribution in [0.15, 0.2) is 47.1 Å². The van der Waals surface area contributed by atoms with Gasteiger partial charge in [0.15, 0.2) is 5.76 Å². The second-order valence-corrected chi connectivity index (χ2v) is 6.57. The fourth-order valence-electron chi connectivity index (χ4n) is 2.48. The summed E-state index contributed by atoms with van der Waals surface area (Å²) in [7, 11) is 0. The first-order valence-electron chi connectivity index (χ1n) is 7.44. The van der Waals surface area contributed by atoms with Crippen molar-refractivity contribution in [3.63, 3.8) is 0 Å². The summed E-state index contributed by atoms with van der Waals surface area (Å²) < 4.78 is 5.01. The number of nitrogens with one attached hydrogen (secondary N) is 1. The highest BCUT2D eigenvalue weighted by Crippen LogP contribution is 2.37. The van der Waals surface area contributed by atoms with Crippen LogP contribution in [0.5, 0.6) is 0 Å². The van der Waals surface area contributed by atoms with Gasteiger partial charge in [0.1, 0.15) is 5.37 Å². The molecule has 1 atom stereocenters. The number of rotatable bonds is 4. The number of benzene rings is 1. The first-order chi connectivity index (χ1) is 11.1. The molecule has 3 rings (SSSR count). The maximum Gasteiger partial charge on any atom is 0.287 e. The van der Waals surface area contributed by atoms with E-state index in [4.69, 9.17) is 4.42 Å². The molecule has 0 saturated carbocycles. The highest BCUT2D eigenvalue weighted by atomic mass is 32.2. The summed E-state index contributed by atoms with van der Waals surface area (Å²) in [6, 6.07) is 11.4. The zero-order valence-electron chi connectivity index (χ0n) is 12.8. The summed E-state index contributed by atoms with van der Waals surface area (Å²) in [4.78, 5) is 26.1. The number of carbonyl (C=O) groups is 2. The molecule has 1 N–H and O–H groups in total. The molecule has 2 heterocycles. The van der Waals surface area contributed by atoms with Crippen LogP contribution in [0.2, 0.25) is 0 Å². The fourth-order valence-corrected chi connectivity index (χ4v) is 3.76. The number of aryl methyl sites for hydroxylation is 1. The molecule has 1 unspecified atom stereocenters. The minimum atomic E-state index is -0.373. The van der Waals surface area contributed by atoms with E-state index in [0.717, 1.165) is 11.3 Å². The summed E-state index contributed by atoms with van der Waals surface area (Å²) in [6.45, 7) is 2.71. The summed E-state index contributed by atoms with van der Waals surface area (Å²) in [5.74, 6) is 0.655. The maximum absolute atomic E-state index is 12.4. The number of nitrogens with zero attached hydrogens (tertiary/aromatic N) is 1. The molecule has 5 nitrogen and oxygen atoms in total. The second-order valence-electron chi connectivity index (χ2n) is 5.38. The van der Waals surface area contributed by atoms with Crippen molar-refractivity contribution in [1.29, 1.82) is 0 Å². The minimum Gasteiger partial charge on any atom is -0.459 e. The van der Waals surface area contributed by atoms with E-state index in [0.29, 0.717) is 6.54 Å². The fraction of sp³-hybridized carbons (Fsp3) is 0.294. The number of hydrogen-bond acceptors (Lipinski definition) is 4. The van der Waals surface area contributed by atoms with Crippen LogP contribution in [-0.4, -0.2) is 35.6 Å². The van der Waals surface area contributed by atoms with Crippen molar-refractivity contribution in [1.82, 2.24) is 10.2 Å². The molecule has 0 aliphatic carbocycles. The molecule has 1 aromatic heterocycles. The molecule has 23 heavy (non-hydrogen) atoms. The van der Waals surface area contributed by atoms with Crippen LogP contribution in [0, 0.1) is 6.92 Å². The van der Waals surface area contributed by atoms with Gasteiger partial charge in [0.25, 0.3) is 5.91 Å². The van der Waals surface area contributed by atoms with Crippen LogP contribution in [-0.2, 0) is 4.79 Å². The second kappa shape index (κ2) is 6.91. The molecule has 1 aromatic carbocycles. The molecular formula is C17H18N2O3S. The normalized spacial score (nSPS) is 17.3. The Morgan fingerprint density at radius 2 is 2.09 bits per heavy atom. The first-order valence-corrected chi connectivity index (χ1v) is 8.49. The van der Waals surface area contributed by atoms with Crippen molar-refractivity contribution < 1.29 is 14.0 Å². The van der Waals surface area contributed by atoms with Crippen molar-refractivity contribution in [3.05, 3.63) is 59.5 Å². The number of furan rings is 1. The molecule has 0 spiro atoms. The van der Waals surface area contributed by atoms with E-state index in [-0.39, 0.29) is 29.5 Å². The average molecular weight is 330 g/mol. The van der Waals surface area contributed by atoms with Crippen molar-refractivity contribution in [2.75, 3.05) is 18.8 Å². The van der Waals surface area contributed by atoms with Crippen LogP contribution >= 0.6 is 11.8 Å². The summed E-state index contributed by atoms with van der Waals surface area (Å²) in [5.41, 5.74) is 2.31. The Kier molecular flexibility index (Phi) is 4.71. The van der Waals surface area contributed by atoms with Crippen molar-refractivity contribution in [3.8, 4) is 0 Å². The maximum atomic E-state index is 12.4. The predicted molar refractivity (Wildman–Crippen MR) is 89.1 cm³/mol. The molecule has 120 valence electrons. The molecule has 0 radical (unpaired) electrons. The van der Waals surface area contributed by atoms with Gasteiger partial charge in [-0.2, -0.15) is 0 Å². The van der Waals surface area contributed by atoms with Gasteiger partial charge in [0, 0.05) is 12.3 Å². The molecule has 1 saturated heterocycles. The van der Waals surface area contributed by atoms with Gasteiger partial charge in [-0.25, -0.2) is 0 Å². The standard InChI is InChI=1S/C17H18N2O3S/c1-12-4-6-13(7-5-12)17-19(8-10-23-17)15(20)11-18-16(21)14-3-2-9-22-14/h2-7,9,17H,8,10-11H2,1H3,(H,18,21). The first kappa shape index (κ1) is 15.7. The molecular weight excluding hydrogens is 312 g/mol. The third-order valence-electron chi connectivity index (χ3n) is 3.72. The van der Waals surface area contributed by atoms with Gasteiger partial charge in [0.05, 0.1) is 12.8 Å². The van der Waals surface area contributed by atoms with E-state index in [1.54, 1.807) is 23.9 Å². The van der Waals surface area contributed by atoms with Crippen LogP contribution < -0.4 is 5.32 Å². The summed E-state index contributed by atoms with van der Waals surface area (Å²) in [6.07, 6.45) is 1.43. The Balaban J connectivity index is 1.62. The number of thioether (sulfide) groups is 1. The lowest BCUT2D eigenvalue weighted by atomic mass is 10.1. The smallest absolute Gasteiger partial charge is 0.287 e. The van der Waals surface area contributed by atoms with Crippen LogP contribution in [0.25, 0.3) is 0 Å². The van der Waals surface area contributed by atoms with Gasteiger partial charge in [-0.1, -0.05) is 29.8 Å². The minimum absolute atomic E-state index is 0.0172. The molecule has 1 fully saturated rings. The number of hydrogen-bond donors (Lipinski definition) is 1. The van der Waals surface area contributed by atoms with Crippen LogP contribution in [0.3, 0.4) is 0 Å². The monoisotopic (exact) mass is 330 g/mol. The topological polar surface area (TPSA) is 62.6 Å². The highest BCUT2D eigenvalue weighted by Gasteiger charge is 2.30. The van der Waals surface area contributed by atoms with Gasteiger partial charge >= 0.3 is 0 Å². The van der Waals surface area contributed by atoms with Crippen LogP contribution in [0.4, 0.5) is 0 Å². The van der Waals surface area contributed by atoms with E-state index < -0.39 is 0 Å². The average Bonchev–Trinajstić information content (AvgIpc) is 3.24. The lowest BCUT2D eigenvalue weighted by Crippen LogP contribution is -2.39. The van der Waals surface area contributed by atoms with E-state index in [1.165, 1.54) is 11.8 Å². The lowest BCUT2D eigenvalue weighted by molar-refractivity contribution is -0.130. The highest BCUT2D eigenvalue weighted by molar-refractivity contribution is 7.99. The lowest BCUT2D eigenvalue weighted by Gasteiger charge is -2.24. The van der Waals surface area contributed by atoms with Gasteiger partial charge in [0.2, 0.25) is 5.91 Å². The SMILES string of the molecule is Cc1ccc(C2SCCN2C(=O)CNC(=O)c2ccco2)cc1.